The van der Waals surface area contributed by atoms with E-state index in [4.69, 9.17) is 11.6 Å². The highest BCUT2D eigenvalue weighted by Gasteiger charge is 2.17. The minimum Gasteiger partial charge on any atom is -0.347 e. The number of rotatable bonds is 4. The lowest BCUT2D eigenvalue weighted by Gasteiger charge is -2.16. The quantitative estimate of drug-likeness (QED) is 0.764. The molecule has 4 nitrogen and oxygen atoms in total. The van der Waals surface area contributed by atoms with Gasteiger partial charge in [0.1, 0.15) is 5.56 Å². The van der Waals surface area contributed by atoms with E-state index < -0.39 is 0 Å². The normalized spacial score (nSPS) is 12.1. The van der Waals surface area contributed by atoms with E-state index in [1.807, 2.05) is 48.7 Å². The number of hydrogen-bond acceptors (Lipinski definition) is 2. The highest BCUT2D eigenvalue weighted by atomic mass is 35.5. The van der Waals surface area contributed by atoms with Crippen molar-refractivity contribution in [2.45, 2.75) is 26.4 Å². The standard InChI is InChI=1S/C20H19ClN2O2/c1-3-23-12-17(19(24)16-6-4-5-7-18(16)23)20(25)22-13(2)14-8-10-15(21)11-9-14/h4-13H,3H2,1-2H3,(H,22,25). The molecule has 0 aliphatic heterocycles. The zero-order chi connectivity index (χ0) is 18.0. The van der Waals surface area contributed by atoms with Gasteiger partial charge in [-0.15, -0.1) is 0 Å². The van der Waals surface area contributed by atoms with Crippen LogP contribution in [0.1, 0.15) is 35.8 Å². The maximum atomic E-state index is 12.7. The molecular formula is C20H19ClN2O2. The van der Waals surface area contributed by atoms with Crippen LogP contribution in [0.25, 0.3) is 10.9 Å². The summed E-state index contributed by atoms with van der Waals surface area (Å²) in [5.41, 5.74) is 1.66. The number of nitrogens with one attached hydrogen (secondary N) is 1. The molecule has 1 atom stereocenters. The summed E-state index contributed by atoms with van der Waals surface area (Å²) in [5.74, 6) is -0.375. The van der Waals surface area contributed by atoms with Crippen molar-refractivity contribution in [2.75, 3.05) is 0 Å². The van der Waals surface area contributed by atoms with Gasteiger partial charge in [0, 0.05) is 23.2 Å². The van der Waals surface area contributed by atoms with E-state index in [9.17, 15) is 9.59 Å². The van der Waals surface area contributed by atoms with Gasteiger partial charge in [-0.3, -0.25) is 9.59 Å². The number of pyridine rings is 1. The van der Waals surface area contributed by atoms with E-state index >= 15 is 0 Å². The van der Waals surface area contributed by atoms with Gasteiger partial charge in [0.15, 0.2) is 0 Å². The average Bonchev–Trinajstić information content (AvgIpc) is 2.62. The Morgan fingerprint density at radius 1 is 1.16 bits per heavy atom. The molecule has 5 heteroatoms. The van der Waals surface area contributed by atoms with Crippen molar-refractivity contribution in [1.82, 2.24) is 9.88 Å². The summed E-state index contributed by atoms with van der Waals surface area (Å²) in [5, 5.41) is 4.09. The molecule has 128 valence electrons. The Labute approximate surface area is 151 Å². The fraction of sp³-hybridized carbons (Fsp3) is 0.200. The van der Waals surface area contributed by atoms with Gasteiger partial charge in [0.2, 0.25) is 5.43 Å². The summed E-state index contributed by atoms with van der Waals surface area (Å²) in [6, 6.07) is 14.4. The maximum Gasteiger partial charge on any atom is 0.257 e. The van der Waals surface area contributed by atoms with Crippen molar-refractivity contribution in [3.05, 3.63) is 81.1 Å². The fourth-order valence-electron chi connectivity index (χ4n) is 2.88. The molecule has 0 saturated carbocycles. The third-order valence-electron chi connectivity index (χ3n) is 4.29. The molecule has 0 spiro atoms. The molecular weight excluding hydrogens is 336 g/mol. The molecule has 0 aliphatic carbocycles. The van der Waals surface area contributed by atoms with Crippen molar-refractivity contribution in [1.29, 1.82) is 0 Å². The largest absolute Gasteiger partial charge is 0.347 e. The van der Waals surface area contributed by atoms with Crippen molar-refractivity contribution in [2.24, 2.45) is 0 Å². The van der Waals surface area contributed by atoms with Crippen LogP contribution in [0.5, 0.6) is 0 Å². The molecule has 3 rings (SSSR count). The number of halogens is 1. The molecule has 0 saturated heterocycles. The summed E-state index contributed by atoms with van der Waals surface area (Å²) < 4.78 is 1.92. The first-order chi connectivity index (χ1) is 12.0. The van der Waals surface area contributed by atoms with Crippen molar-refractivity contribution >= 4 is 28.4 Å². The van der Waals surface area contributed by atoms with Crippen LogP contribution in [0.3, 0.4) is 0 Å². The molecule has 1 N–H and O–H groups in total. The van der Waals surface area contributed by atoms with Crippen molar-refractivity contribution in [3.63, 3.8) is 0 Å². The summed E-state index contributed by atoms with van der Waals surface area (Å²) in [6.07, 6.45) is 1.63. The number of aryl methyl sites for hydroxylation is 1. The number of amides is 1. The second kappa shape index (κ2) is 7.11. The summed E-state index contributed by atoms with van der Waals surface area (Å²) in [4.78, 5) is 25.4. The first kappa shape index (κ1) is 17.2. The summed E-state index contributed by atoms with van der Waals surface area (Å²) >= 11 is 5.90. The Hall–Kier alpha value is -2.59. The van der Waals surface area contributed by atoms with Gasteiger partial charge >= 0.3 is 0 Å². The number of benzene rings is 2. The third-order valence-corrected chi connectivity index (χ3v) is 4.54. The van der Waals surface area contributed by atoms with Crippen LogP contribution >= 0.6 is 11.6 Å². The molecule has 0 bridgehead atoms. The number of nitrogens with zero attached hydrogens (tertiary/aromatic N) is 1. The maximum absolute atomic E-state index is 12.7. The Morgan fingerprint density at radius 3 is 2.52 bits per heavy atom. The third kappa shape index (κ3) is 3.44. The lowest BCUT2D eigenvalue weighted by atomic mass is 10.1. The van der Waals surface area contributed by atoms with Gasteiger partial charge in [-0.25, -0.2) is 0 Å². The molecule has 1 amide bonds. The highest BCUT2D eigenvalue weighted by molar-refractivity contribution is 6.30. The minimum atomic E-state index is -0.375. The molecule has 0 radical (unpaired) electrons. The number of para-hydroxylation sites is 1. The molecule has 3 aromatic rings. The molecule has 0 aliphatic rings. The summed E-state index contributed by atoms with van der Waals surface area (Å²) in [7, 11) is 0. The Morgan fingerprint density at radius 2 is 1.84 bits per heavy atom. The lowest BCUT2D eigenvalue weighted by Crippen LogP contribution is -2.31. The number of fused-ring (bicyclic) bond motifs is 1. The molecule has 2 aromatic carbocycles. The number of carbonyl (C=O) groups excluding carboxylic acids is 1. The number of hydrogen-bond donors (Lipinski definition) is 1. The molecule has 25 heavy (non-hydrogen) atoms. The van der Waals surface area contributed by atoms with Gasteiger partial charge in [0.05, 0.1) is 11.6 Å². The fourth-order valence-corrected chi connectivity index (χ4v) is 3.00. The van der Waals surface area contributed by atoms with E-state index in [0.29, 0.717) is 17.0 Å². The minimum absolute atomic E-state index is 0.154. The number of carbonyl (C=O) groups is 1. The van der Waals surface area contributed by atoms with Crippen LogP contribution in [0.2, 0.25) is 5.02 Å². The zero-order valence-corrected chi connectivity index (χ0v) is 14.9. The van der Waals surface area contributed by atoms with Gasteiger partial charge in [-0.1, -0.05) is 35.9 Å². The van der Waals surface area contributed by atoms with Crippen molar-refractivity contribution < 1.29 is 4.79 Å². The predicted octanol–water partition coefficient (Wildman–Crippen LogP) is 4.17. The van der Waals surface area contributed by atoms with Gasteiger partial charge in [-0.05, 0) is 43.7 Å². The van der Waals surface area contributed by atoms with E-state index in [1.54, 1.807) is 24.4 Å². The first-order valence-corrected chi connectivity index (χ1v) is 8.57. The zero-order valence-electron chi connectivity index (χ0n) is 14.1. The van der Waals surface area contributed by atoms with Crippen LogP contribution in [-0.4, -0.2) is 10.5 Å². The van der Waals surface area contributed by atoms with E-state index in [1.165, 1.54) is 0 Å². The molecule has 0 fully saturated rings. The first-order valence-electron chi connectivity index (χ1n) is 8.19. The predicted molar refractivity (Wildman–Crippen MR) is 101 cm³/mol. The Balaban J connectivity index is 1.95. The van der Waals surface area contributed by atoms with E-state index in [0.717, 1.165) is 11.1 Å². The average molecular weight is 355 g/mol. The van der Waals surface area contributed by atoms with Crippen LogP contribution < -0.4 is 10.7 Å². The van der Waals surface area contributed by atoms with Crippen LogP contribution in [0.15, 0.2) is 59.5 Å². The van der Waals surface area contributed by atoms with E-state index in [-0.39, 0.29) is 22.9 Å². The topological polar surface area (TPSA) is 51.1 Å². The summed E-state index contributed by atoms with van der Waals surface area (Å²) in [6.45, 7) is 4.53. The van der Waals surface area contributed by atoms with Crippen molar-refractivity contribution in [3.8, 4) is 0 Å². The second-order valence-electron chi connectivity index (χ2n) is 5.92. The smallest absolute Gasteiger partial charge is 0.257 e. The number of aromatic nitrogens is 1. The highest BCUT2D eigenvalue weighted by Crippen LogP contribution is 2.17. The van der Waals surface area contributed by atoms with Crippen LogP contribution in [0.4, 0.5) is 0 Å². The second-order valence-corrected chi connectivity index (χ2v) is 6.36. The molecule has 1 unspecified atom stereocenters. The lowest BCUT2D eigenvalue weighted by molar-refractivity contribution is 0.0938. The van der Waals surface area contributed by atoms with Gasteiger partial charge in [0.25, 0.3) is 5.91 Å². The Kier molecular flexibility index (Phi) is 4.91. The molecule has 1 aromatic heterocycles. The Bertz CT molecular complexity index is 977. The van der Waals surface area contributed by atoms with Gasteiger partial charge in [-0.2, -0.15) is 0 Å². The van der Waals surface area contributed by atoms with Gasteiger partial charge < -0.3 is 9.88 Å². The van der Waals surface area contributed by atoms with E-state index in [2.05, 4.69) is 5.32 Å². The van der Waals surface area contributed by atoms with Crippen LogP contribution in [0, 0.1) is 0 Å². The molecule has 1 heterocycles. The SMILES string of the molecule is CCn1cc(C(=O)NC(C)c2ccc(Cl)cc2)c(=O)c2ccccc21. The monoisotopic (exact) mass is 354 g/mol. The van der Waals surface area contributed by atoms with Crippen LogP contribution in [-0.2, 0) is 6.54 Å².